The summed E-state index contributed by atoms with van der Waals surface area (Å²) in [6.45, 7) is 3.50. The molecule has 2 aliphatic heterocycles. The minimum absolute atomic E-state index is 0.0528. The Bertz CT molecular complexity index is 575. The number of nitrogen functional groups attached to an aromatic ring is 1. The van der Waals surface area contributed by atoms with Crippen molar-refractivity contribution in [3.63, 3.8) is 0 Å². The second-order valence-electron chi connectivity index (χ2n) is 5.69. The highest BCUT2D eigenvalue weighted by Crippen LogP contribution is 2.18. The number of nitrogens with zero attached hydrogens (tertiary/aromatic N) is 3. The van der Waals surface area contributed by atoms with Crippen molar-refractivity contribution in [3.05, 3.63) is 29.8 Å². The third kappa shape index (κ3) is 2.58. The third-order valence-electron chi connectivity index (χ3n) is 4.30. The number of rotatable bonds is 1. The van der Waals surface area contributed by atoms with Crippen LogP contribution < -0.4 is 5.73 Å². The predicted molar refractivity (Wildman–Crippen MR) is 79.8 cm³/mol. The first-order valence-electron chi connectivity index (χ1n) is 7.20. The van der Waals surface area contributed by atoms with Crippen LogP contribution in [0.5, 0.6) is 0 Å². The third-order valence-corrected chi connectivity index (χ3v) is 4.30. The van der Waals surface area contributed by atoms with E-state index in [9.17, 15) is 9.59 Å². The Labute approximate surface area is 124 Å². The highest BCUT2D eigenvalue weighted by molar-refractivity contribution is 5.95. The predicted octanol–water partition coefficient (Wildman–Crippen LogP) is -0.133. The maximum Gasteiger partial charge on any atom is 0.254 e. The highest BCUT2D eigenvalue weighted by atomic mass is 16.2. The number of carbonyl (C=O) groups excluding carboxylic acids is 2. The first kappa shape index (κ1) is 13.9. The molecule has 2 amide bonds. The van der Waals surface area contributed by atoms with Gasteiger partial charge < -0.3 is 15.5 Å². The largest absolute Gasteiger partial charge is 0.399 e. The number of anilines is 1. The molecule has 2 heterocycles. The fourth-order valence-electron chi connectivity index (χ4n) is 3.00. The number of nitrogens with two attached hydrogens (primary N) is 1. The van der Waals surface area contributed by atoms with Crippen molar-refractivity contribution in [3.8, 4) is 0 Å². The van der Waals surface area contributed by atoms with Gasteiger partial charge in [0, 0.05) is 51.0 Å². The van der Waals surface area contributed by atoms with Crippen LogP contribution in [0.2, 0.25) is 0 Å². The van der Waals surface area contributed by atoms with Crippen molar-refractivity contribution < 1.29 is 9.59 Å². The Balaban J connectivity index is 1.75. The molecule has 6 heteroatoms. The molecule has 2 aliphatic rings. The number of hydrogen-bond donors (Lipinski definition) is 1. The van der Waals surface area contributed by atoms with Crippen LogP contribution in [-0.4, -0.2) is 72.3 Å². The Morgan fingerprint density at radius 1 is 1.24 bits per heavy atom. The van der Waals surface area contributed by atoms with Crippen molar-refractivity contribution in [1.82, 2.24) is 14.7 Å². The molecule has 3 rings (SSSR count). The summed E-state index contributed by atoms with van der Waals surface area (Å²) in [5.74, 6) is 0.0503. The monoisotopic (exact) mass is 288 g/mol. The van der Waals surface area contributed by atoms with Gasteiger partial charge in [-0.05, 0) is 18.2 Å². The molecule has 0 aromatic heterocycles. The SMILES string of the molecule is CN1CCN2CCN(C(=O)c3cccc(N)c3)CC2C1=O. The van der Waals surface area contributed by atoms with E-state index >= 15 is 0 Å². The fraction of sp³-hybridized carbons (Fsp3) is 0.467. The number of piperazine rings is 2. The van der Waals surface area contributed by atoms with Crippen LogP contribution >= 0.6 is 0 Å². The van der Waals surface area contributed by atoms with Crippen molar-refractivity contribution in [2.75, 3.05) is 45.5 Å². The first-order valence-corrected chi connectivity index (χ1v) is 7.20. The molecule has 1 aromatic carbocycles. The van der Waals surface area contributed by atoms with Crippen LogP contribution in [0.1, 0.15) is 10.4 Å². The average Bonchev–Trinajstić information content (AvgIpc) is 2.50. The minimum Gasteiger partial charge on any atom is -0.399 e. The smallest absolute Gasteiger partial charge is 0.254 e. The number of carbonyl (C=O) groups is 2. The molecular weight excluding hydrogens is 268 g/mol. The zero-order valence-corrected chi connectivity index (χ0v) is 12.2. The number of amides is 2. The van der Waals surface area contributed by atoms with Gasteiger partial charge in [-0.2, -0.15) is 0 Å². The average molecular weight is 288 g/mol. The maximum atomic E-state index is 12.5. The van der Waals surface area contributed by atoms with Gasteiger partial charge >= 0.3 is 0 Å². The number of hydrogen-bond acceptors (Lipinski definition) is 4. The van der Waals surface area contributed by atoms with Gasteiger partial charge in [0.1, 0.15) is 6.04 Å². The van der Waals surface area contributed by atoms with Crippen LogP contribution in [0.15, 0.2) is 24.3 Å². The van der Waals surface area contributed by atoms with Gasteiger partial charge in [-0.25, -0.2) is 0 Å². The summed E-state index contributed by atoms with van der Waals surface area (Å²) in [5.41, 5.74) is 6.89. The molecule has 0 saturated carbocycles. The van der Waals surface area contributed by atoms with Crippen LogP contribution in [0.4, 0.5) is 5.69 Å². The number of fused-ring (bicyclic) bond motifs is 1. The molecule has 1 atom stereocenters. The molecule has 6 nitrogen and oxygen atoms in total. The van der Waals surface area contributed by atoms with Gasteiger partial charge in [-0.15, -0.1) is 0 Å². The molecule has 0 bridgehead atoms. The van der Waals surface area contributed by atoms with Crippen LogP contribution in [0, 0.1) is 0 Å². The second kappa shape index (κ2) is 5.37. The van der Waals surface area contributed by atoms with Gasteiger partial charge in [0.15, 0.2) is 0 Å². The van der Waals surface area contributed by atoms with E-state index in [2.05, 4.69) is 4.90 Å². The van der Waals surface area contributed by atoms with Gasteiger partial charge in [0.25, 0.3) is 5.91 Å². The summed E-state index contributed by atoms with van der Waals surface area (Å²) in [5, 5.41) is 0. The van der Waals surface area contributed by atoms with Crippen LogP contribution in [-0.2, 0) is 4.79 Å². The van der Waals surface area contributed by atoms with Gasteiger partial charge in [0.2, 0.25) is 5.91 Å². The molecule has 2 saturated heterocycles. The molecule has 0 aliphatic carbocycles. The summed E-state index contributed by atoms with van der Waals surface area (Å²) >= 11 is 0. The minimum atomic E-state index is -0.206. The molecule has 0 spiro atoms. The quantitative estimate of drug-likeness (QED) is 0.731. The van der Waals surface area contributed by atoms with E-state index in [4.69, 9.17) is 5.73 Å². The standard InChI is InChI=1S/C15H20N4O2/c1-17-5-6-18-7-8-19(10-13(18)15(17)21)14(20)11-3-2-4-12(16)9-11/h2-4,9,13H,5-8,10,16H2,1H3. The maximum absolute atomic E-state index is 12.5. The zero-order valence-electron chi connectivity index (χ0n) is 12.2. The molecule has 1 aromatic rings. The summed E-state index contributed by atoms with van der Waals surface area (Å²) in [7, 11) is 1.82. The van der Waals surface area contributed by atoms with E-state index in [1.165, 1.54) is 0 Å². The van der Waals surface area contributed by atoms with E-state index in [1.54, 1.807) is 34.1 Å². The molecule has 21 heavy (non-hydrogen) atoms. The lowest BCUT2D eigenvalue weighted by Gasteiger charge is -2.45. The Hall–Kier alpha value is -2.08. The molecule has 2 fully saturated rings. The lowest BCUT2D eigenvalue weighted by atomic mass is 10.1. The fourth-order valence-corrected chi connectivity index (χ4v) is 3.00. The summed E-state index contributed by atoms with van der Waals surface area (Å²) in [6, 6.07) is 6.78. The summed E-state index contributed by atoms with van der Waals surface area (Å²) in [4.78, 5) is 30.5. The zero-order chi connectivity index (χ0) is 15.0. The molecule has 0 radical (unpaired) electrons. The van der Waals surface area contributed by atoms with Crippen molar-refractivity contribution in [2.45, 2.75) is 6.04 Å². The lowest BCUT2D eigenvalue weighted by Crippen LogP contribution is -2.64. The summed E-state index contributed by atoms with van der Waals surface area (Å²) in [6.07, 6.45) is 0. The molecule has 112 valence electrons. The van der Waals surface area contributed by atoms with E-state index < -0.39 is 0 Å². The number of likely N-dealkylation sites (N-methyl/N-ethyl adjacent to an activating group) is 1. The van der Waals surface area contributed by atoms with Gasteiger partial charge in [0.05, 0.1) is 0 Å². The van der Waals surface area contributed by atoms with Crippen molar-refractivity contribution >= 4 is 17.5 Å². The van der Waals surface area contributed by atoms with E-state index in [0.717, 1.165) is 19.6 Å². The van der Waals surface area contributed by atoms with Crippen LogP contribution in [0.3, 0.4) is 0 Å². The molecular formula is C15H20N4O2. The van der Waals surface area contributed by atoms with Crippen molar-refractivity contribution in [1.29, 1.82) is 0 Å². The van der Waals surface area contributed by atoms with Gasteiger partial charge in [-0.1, -0.05) is 6.07 Å². The Morgan fingerprint density at radius 3 is 2.76 bits per heavy atom. The van der Waals surface area contributed by atoms with E-state index in [1.807, 2.05) is 7.05 Å². The normalized spacial score (nSPS) is 23.1. The highest BCUT2D eigenvalue weighted by Gasteiger charge is 2.38. The number of benzene rings is 1. The Morgan fingerprint density at radius 2 is 2.00 bits per heavy atom. The first-order chi connectivity index (χ1) is 10.1. The summed E-state index contributed by atoms with van der Waals surface area (Å²) < 4.78 is 0. The van der Waals surface area contributed by atoms with E-state index in [0.29, 0.717) is 24.3 Å². The Kier molecular flexibility index (Phi) is 3.55. The molecule has 2 N–H and O–H groups in total. The van der Waals surface area contributed by atoms with Crippen molar-refractivity contribution in [2.24, 2.45) is 0 Å². The van der Waals surface area contributed by atoms with E-state index in [-0.39, 0.29) is 17.9 Å². The lowest BCUT2D eigenvalue weighted by molar-refractivity contribution is -0.142. The topological polar surface area (TPSA) is 69.9 Å². The van der Waals surface area contributed by atoms with Gasteiger partial charge in [-0.3, -0.25) is 14.5 Å². The second-order valence-corrected chi connectivity index (χ2v) is 5.69. The van der Waals surface area contributed by atoms with Crippen LogP contribution in [0.25, 0.3) is 0 Å². The molecule has 1 unspecified atom stereocenters.